The second-order valence-corrected chi connectivity index (χ2v) is 5.45. The summed E-state index contributed by atoms with van der Waals surface area (Å²) in [4.78, 5) is 11.3. The standard InChI is InChI=1S/C13H17NO4S/c1-3-18-13(15)11(2)14-19(16,17)10-9-12-7-5-4-6-8-12/h4-11,14H,3H2,1-2H3. The second kappa shape index (κ2) is 7.06. The van der Waals surface area contributed by atoms with Crippen LogP contribution >= 0.6 is 0 Å². The zero-order chi connectivity index (χ0) is 14.3. The first-order valence-electron chi connectivity index (χ1n) is 5.86. The second-order valence-electron chi connectivity index (χ2n) is 3.85. The maximum Gasteiger partial charge on any atom is 0.323 e. The zero-order valence-electron chi connectivity index (χ0n) is 10.9. The third kappa shape index (κ3) is 5.67. The van der Waals surface area contributed by atoms with Gasteiger partial charge in [0, 0.05) is 5.41 Å². The van der Waals surface area contributed by atoms with E-state index in [1.165, 1.54) is 13.0 Å². The number of benzene rings is 1. The van der Waals surface area contributed by atoms with Crippen molar-refractivity contribution < 1.29 is 17.9 Å². The molecule has 104 valence electrons. The van der Waals surface area contributed by atoms with Crippen molar-refractivity contribution in [3.63, 3.8) is 0 Å². The summed E-state index contributed by atoms with van der Waals surface area (Å²) < 4.78 is 30.4. The maximum atomic E-state index is 11.7. The van der Waals surface area contributed by atoms with Gasteiger partial charge in [-0.25, -0.2) is 8.42 Å². The Labute approximate surface area is 113 Å². The zero-order valence-corrected chi connectivity index (χ0v) is 11.7. The molecule has 1 aromatic rings. The fraction of sp³-hybridized carbons (Fsp3) is 0.308. The van der Waals surface area contributed by atoms with Crippen molar-refractivity contribution in [2.24, 2.45) is 0 Å². The molecule has 6 heteroatoms. The first-order chi connectivity index (χ1) is 8.94. The number of rotatable bonds is 6. The van der Waals surface area contributed by atoms with E-state index in [4.69, 9.17) is 4.74 Å². The molecule has 1 atom stereocenters. The van der Waals surface area contributed by atoms with Gasteiger partial charge in [0.25, 0.3) is 0 Å². The Bertz CT molecular complexity index is 537. The van der Waals surface area contributed by atoms with Crippen molar-refractivity contribution >= 4 is 22.1 Å². The first-order valence-corrected chi connectivity index (χ1v) is 7.41. The van der Waals surface area contributed by atoms with Gasteiger partial charge in [-0.1, -0.05) is 30.3 Å². The molecule has 0 saturated carbocycles. The molecule has 19 heavy (non-hydrogen) atoms. The van der Waals surface area contributed by atoms with E-state index in [2.05, 4.69) is 4.72 Å². The highest BCUT2D eigenvalue weighted by Crippen LogP contribution is 2.03. The molecule has 0 bridgehead atoms. The van der Waals surface area contributed by atoms with Crippen LogP contribution in [0.15, 0.2) is 35.7 Å². The monoisotopic (exact) mass is 283 g/mol. The summed E-state index contributed by atoms with van der Waals surface area (Å²) in [6.45, 7) is 3.31. The average Bonchev–Trinajstić information content (AvgIpc) is 2.37. The van der Waals surface area contributed by atoms with Crippen LogP contribution in [0.5, 0.6) is 0 Å². The quantitative estimate of drug-likeness (QED) is 0.804. The smallest absolute Gasteiger partial charge is 0.323 e. The molecule has 0 fully saturated rings. The Balaban J connectivity index is 2.67. The minimum atomic E-state index is -3.67. The molecule has 0 spiro atoms. The number of hydrogen-bond acceptors (Lipinski definition) is 4. The lowest BCUT2D eigenvalue weighted by atomic mass is 10.2. The van der Waals surface area contributed by atoms with Crippen LogP contribution < -0.4 is 4.72 Å². The van der Waals surface area contributed by atoms with Crippen LogP contribution in [0.1, 0.15) is 19.4 Å². The van der Waals surface area contributed by atoms with E-state index < -0.39 is 22.0 Å². The van der Waals surface area contributed by atoms with Crippen LogP contribution in [0, 0.1) is 0 Å². The molecular formula is C13H17NO4S. The van der Waals surface area contributed by atoms with Crippen LogP contribution in [-0.2, 0) is 19.6 Å². The lowest BCUT2D eigenvalue weighted by Crippen LogP contribution is -2.38. The number of carbonyl (C=O) groups excluding carboxylic acids is 1. The fourth-order valence-electron chi connectivity index (χ4n) is 1.33. The highest BCUT2D eigenvalue weighted by atomic mass is 32.2. The van der Waals surface area contributed by atoms with Gasteiger partial charge in [-0.05, 0) is 25.5 Å². The van der Waals surface area contributed by atoms with Gasteiger partial charge in [0.05, 0.1) is 6.61 Å². The van der Waals surface area contributed by atoms with E-state index in [9.17, 15) is 13.2 Å². The van der Waals surface area contributed by atoms with Crippen LogP contribution in [0.3, 0.4) is 0 Å². The number of carbonyl (C=O) groups is 1. The van der Waals surface area contributed by atoms with E-state index in [-0.39, 0.29) is 6.61 Å². The summed E-state index contributed by atoms with van der Waals surface area (Å²) in [5.41, 5.74) is 0.761. The fourth-order valence-corrected chi connectivity index (χ4v) is 2.34. The minimum absolute atomic E-state index is 0.213. The summed E-state index contributed by atoms with van der Waals surface area (Å²) in [6.07, 6.45) is 1.46. The van der Waals surface area contributed by atoms with E-state index in [0.717, 1.165) is 11.0 Å². The molecule has 0 aliphatic carbocycles. The van der Waals surface area contributed by atoms with Crippen molar-refractivity contribution in [2.45, 2.75) is 19.9 Å². The largest absolute Gasteiger partial charge is 0.465 e. The third-order valence-electron chi connectivity index (χ3n) is 2.22. The molecule has 0 aliphatic rings. The van der Waals surface area contributed by atoms with Gasteiger partial charge in [0.15, 0.2) is 0 Å². The maximum absolute atomic E-state index is 11.7. The Kier molecular flexibility index (Phi) is 5.72. The SMILES string of the molecule is CCOC(=O)C(C)NS(=O)(=O)C=Cc1ccccc1. The average molecular weight is 283 g/mol. The lowest BCUT2D eigenvalue weighted by Gasteiger charge is -2.10. The van der Waals surface area contributed by atoms with E-state index >= 15 is 0 Å². The third-order valence-corrected chi connectivity index (χ3v) is 3.40. The highest BCUT2D eigenvalue weighted by molar-refractivity contribution is 7.92. The summed E-state index contributed by atoms with van der Waals surface area (Å²) in [6, 6.07) is 8.10. The normalized spacial score (nSPS) is 13.4. The van der Waals surface area contributed by atoms with Crippen LogP contribution in [0.25, 0.3) is 6.08 Å². The molecule has 1 unspecified atom stereocenters. The minimum Gasteiger partial charge on any atom is -0.465 e. The molecule has 0 aromatic heterocycles. The summed E-state index contributed by atoms with van der Waals surface area (Å²) in [7, 11) is -3.67. The molecule has 5 nitrogen and oxygen atoms in total. The van der Waals surface area contributed by atoms with Crippen LogP contribution in [0.2, 0.25) is 0 Å². The Hall–Kier alpha value is -1.66. The van der Waals surface area contributed by atoms with Gasteiger partial charge >= 0.3 is 5.97 Å². The van der Waals surface area contributed by atoms with Crippen molar-refractivity contribution in [3.8, 4) is 0 Å². The van der Waals surface area contributed by atoms with Crippen LogP contribution in [-0.4, -0.2) is 27.0 Å². The Morgan fingerprint density at radius 2 is 2.00 bits per heavy atom. The number of hydrogen-bond donors (Lipinski definition) is 1. The van der Waals surface area contributed by atoms with Gasteiger partial charge < -0.3 is 4.74 Å². The molecule has 0 heterocycles. The number of esters is 1. The molecule has 1 N–H and O–H groups in total. The number of sulfonamides is 1. The van der Waals surface area contributed by atoms with Gasteiger partial charge in [-0.3, -0.25) is 4.79 Å². The molecule has 1 rings (SSSR count). The molecular weight excluding hydrogens is 266 g/mol. The highest BCUT2D eigenvalue weighted by Gasteiger charge is 2.18. The molecule has 1 aromatic carbocycles. The van der Waals surface area contributed by atoms with Crippen molar-refractivity contribution in [2.75, 3.05) is 6.61 Å². The summed E-state index contributed by atoms with van der Waals surface area (Å²) >= 11 is 0. The van der Waals surface area contributed by atoms with E-state index in [0.29, 0.717) is 0 Å². The summed E-state index contributed by atoms with van der Waals surface area (Å²) in [5.74, 6) is -0.598. The predicted octanol–water partition coefficient (Wildman–Crippen LogP) is 1.53. The lowest BCUT2D eigenvalue weighted by molar-refractivity contribution is -0.144. The first kappa shape index (κ1) is 15.4. The van der Waals surface area contributed by atoms with Crippen molar-refractivity contribution in [3.05, 3.63) is 41.3 Å². The van der Waals surface area contributed by atoms with Crippen molar-refractivity contribution in [1.29, 1.82) is 0 Å². The molecule has 0 radical (unpaired) electrons. The predicted molar refractivity (Wildman–Crippen MR) is 73.6 cm³/mol. The number of ether oxygens (including phenoxy) is 1. The molecule has 0 amide bonds. The van der Waals surface area contributed by atoms with Gasteiger partial charge in [0.1, 0.15) is 6.04 Å². The Morgan fingerprint density at radius 1 is 1.37 bits per heavy atom. The van der Waals surface area contributed by atoms with Gasteiger partial charge in [0.2, 0.25) is 10.0 Å². The van der Waals surface area contributed by atoms with Gasteiger partial charge in [-0.2, -0.15) is 4.72 Å². The van der Waals surface area contributed by atoms with E-state index in [1.807, 2.05) is 6.07 Å². The van der Waals surface area contributed by atoms with Crippen LogP contribution in [0.4, 0.5) is 0 Å². The van der Waals surface area contributed by atoms with Crippen molar-refractivity contribution in [1.82, 2.24) is 4.72 Å². The Morgan fingerprint density at radius 3 is 2.58 bits per heavy atom. The van der Waals surface area contributed by atoms with Gasteiger partial charge in [-0.15, -0.1) is 0 Å². The molecule has 0 saturated heterocycles. The van der Waals surface area contributed by atoms with E-state index in [1.54, 1.807) is 31.2 Å². The number of nitrogens with one attached hydrogen (secondary N) is 1. The topological polar surface area (TPSA) is 72.5 Å². The molecule has 0 aliphatic heterocycles. The summed E-state index contributed by atoms with van der Waals surface area (Å²) in [5, 5.41) is 1.03.